The Labute approximate surface area is 230 Å². The molecule has 5 aromatic rings. The van der Waals surface area contributed by atoms with Crippen LogP contribution in [0.1, 0.15) is 40.2 Å². The van der Waals surface area contributed by atoms with Crippen molar-refractivity contribution in [3.05, 3.63) is 89.9 Å². The van der Waals surface area contributed by atoms with Crippen LogP contribution in [0.4, 0.5) is 0 Å². The number of aliphatic carboxylic acids is 2. The van der Waals surface area contributed by atoms with E-state index in [9.17, 15) is 29.4 Å². The van der Waals surface area contributed by atoms with Gasteiger partial charge in [-0.25, -0.2) is 0 Å². The van der Waals surface area contributed by atoms with E-state index in [0.29, 0.717) is 40.4 Å². The molecule has 0 spiro atoms. The molecule has 0 amide bonds. The van der Waals surface area contributed by atoms with Gasteiger partial charge in [-0.05, 0) is 58.3 Å². The highest BCUT2D eigenvalue weighted by molar-refractivity contribution is 7.28. The highest BCUT2D eigenvalue weighted by Crippen LogP contribution is 2.44. The quantitative estimate of drug-likeness (QED) is 0.170. The Morgan fingerprint density at radius 3 is 1.38 bits per heavy atom. The molecule has 0 fully saturated rings. The van der Waals surface area contributed by atoms with Gasteiger partial charge in [-0.1, -0.05) is 12.1 Å². The number of carbonyl (C=O) groups is 4. The molecule has 11 heteroatoms. The van der Waals surface area contributed by atoms with E-state index in [1.54, 1.807) is 36.4 Å². The average molecular weight is 585 g/mol. The number of carboxylic acid groups (broad SMARTS) is 2. The van der Waals surface area contributed by atoms with Gasteiger partial charge >= 0.3 is 11.9 Å². The fraction of sp³-hybridized carbons (Fsp3) is 0.0769. The maximum atomic E-state index is 12.9. The van der Waals surface area contributed by atoms with Crippen LogP contribution in [0.2, 0.25) is 0 Å². The van der Waals surface area contributed by atoms with Crippen molar-refractivity contribution in [2.45, 2.75) is 12.8 Å². The Morgan fingerprint density at radius 1 is 0.595 bits per heavy atom. The van der Waals surface area contributed by atoms with Gasteiger partial charge in [0.1, 0.15) is 0 Å². The fourth-order valence-electron chi connectivity index (χ4n) is 3.73. The van der Waals surface area contributed by atoms with Crippen LogP contribution >= 0.6 is 56.7 Å². The van der Waals surface area contributed by atoms with Gasteiger partial charge in [-0.3, -0.25) is 19.2 Å². The van der Waals surface area contributed by atoms with Crippen molar-refractivity contribution in [1.29, 1.82) is 0 Å². The second-order valence-electron chi connectivity index (χ2n) is 7.85. The van der Waals surface area contributed by atoms with E-state index >= 15 is 0 Å². The first-order valence-electron chi connectivity index (χ1n) is 10.8. The number of ketones is 2. The summed E-state index contributed by atoms with van der Waals surface area (Å²) in [6.45, 7) is 0. The molecule has 6 nitrogen and oxygen atoms in total. The van der Waals surface area contributed by atoms with Crippen LogP contribution < -0.4 is 0 Å². The summed E-state index contributed by atoms with van der Waals surface area (Å²) in [7, 11) is 0. The minimum Gasteiger partial charge on any atom is -0.481 e. The van der Waals surface area contributed by atoms with Gasteiger partial charge in [0, 0.05) is 19.5 Å². The summed E-state index contributed by atoms with van der Waals surface area (Å²) in [5, 5.41) is 22.5. The molecule has 0 atom stereocenters. The zero-order chi connectivity index (χ0) is 26.1. The molecule has 0 aliphatic rings. The predicted molar refractivity (Wildman–Crippen MR) is 149 cm³/mol. The highest BCUT2D eigenvalue weighted by atomic mass is 32.1. The molecule has 37 heavy (non-hydrogen) atoms. The van der Waals surface area contributed by atoms with Gasteiger partial charge < -0.3 is 10.2 Å². The molecule has 5 rings (SSSR count). The van der Waals surface area contributed by atoms with Crippen molar-refractivity contribution in [2.75, 3.05) is 0 Å². The molecule has 0 saturated heterocycles. The normalized spacial score (nSPS) is 11.0. The third-order valence-electron chi connectivity index (χ3n) is 5.29. The lowest BCUT2D eigenvalue weighted by atomic mass is 10.1. The van der Waals surface area contributed by atoms with Gasteiger partial charge in [0.2, 0.25) is 11.6 Å². The van der Waals surface area contributed by atoms with Crippen LogP contribution in [0.3, 0.4) is 0 Å². The number of carbonyl (C=O) groups excluding carboxylic acids is 2. The Bertz CT molecular complexity index is 1500. The van der Waals surface area contributed by atoms with Gasteiger partial charge in [0.15, 0.2) is 0 Å². The Hall–Kier alpha value is -3.22. The molecule has 0 bridgehead atoms. The second-order valence-corrected chi connectivity index (χ2v) is 12.9. The van der Waals surface area contributed by atoms with Crippen molar-refractivity contribution < 1.29 is 29.4 Å². The first-order valence-corrected chi connectivity index (χ1v) is 15.0. The molecule has 0 radical (unpaired) electrons. The lowest BCUT2D eigenvalue weighted by Gasteiger charge is -1.99. The summed E-state index contributed by atoms with van der Waals surface area (Å²) >= 11 is 6.56. The van der Waals surface area contributed by atoms with Crippen LogP contribution in [0.15, 0.2) is 59.3 Å². The molecular weight excluding hydrogens is 569 g/mol. The third kappa shape index (κ3) is 5.41. The number of carboxylic acids is 2. The van der Waals surface area contributed by atoms with E-state index in [0.717, 1.165) is 9.75 Å². The van der Waals surface area contributed by atoms with Crippen LogP contribution in [0.5, 0.6) is 0 Å². The largest absolute Gasteiger partial charge is 0.481 e. The standard InChI is InChI=1S/C26H16O6S5/c27-21(28)11-13-9-19(23(31)15-3-1-7-33-15)36-25(13)17-5-6-18(35-17)26-14(12-22(29)30)10-20(37-26)24(32)16-4-2-8-34-16/h1-10H,11-12H2,(H,27,28)(H,29,30). The topological polar surface area (TPSA) is 109 Å². The van der Waals surface area contributed by atoms with E-state index in [2.05, 4.69) is 0 Å². The van der Waals surface area contributed by atoms with Gasteiger partial charge in [-0.2, -0.15) is 0 Å². The lowest BCUT2D eigenvalue weighted by Crippen LogP contribution is -2.00. The van der Waals surface area contributed by atoms with Crippen molar-refractivity contribution in [3.63, 3.8) is 0 Å². The maximum Gasteiger partial charge on any atom is 0.307 e. The molecule has 5 aromatic heterocycles. The average Bonchev–Trinajstić information content (AvgIpc) is 3.67. The minimum absolute atomic E-state index is 0.145. The molecule has 5 heterocycles. The maximum absolute atomic E-state index is 12.9. The Balaban J connectivity index is 1.54. The summed E-state index contributed by atoms with van der Waals surface area (Å²) in [5.74, 6) is -2.28. The van der Waals surface area contributed by atoms with Crippen molar-refractivity contribution in [2.24, 2.45) is 0 Å². The van der Waals surface area contributed by atoms with Gasteiger partial charge in [0.05, 0.1) is 32.4 Å². The lowest BCUT2D eigenvalue weighted by molar-refractivity contribution is -0.137. The summed E-state index contributed by atoms with van der Waals surface area (Å²) in [5.41, 5.74) is 1.10. The summed E-state index contributed by atoms with van der Waals surface area (Å²) in [6.07, 6.45) is -0.445. The zero-order valence-corrected chi connectivity index (χ0v) is 22.8. The zero-order valence-electron chi connectivity index (χ0n) is 18.8. The molecule has 2 N–H and O–H groups in total. The monoisotopic (exact) mass is 584 g/mol. The molecule has 0 aliphatic heterocycles. The van der Waals surface area contributed by atoms with Crippen molar-refractivity contribution >= 4 is 80.2 Å². The van der Waals surface area contributed by atoms with Gasteiger partial charge in [0.25, 0.3) is 0 Å². The van der Waals surface area contributed by atoms with Crippen LogP contribution in [-0.2, 0) is 22.4 Å². The first kappa shape index (κ1) is 25.4. The SMILES string of the molecule is O=C(O)Cc1cc(C(=O)c2cccs2)sc1-c1ccc(-c2sc(C(=O)c3cccs3)cc2CC(=O)O)s1. The Morgan fingerprint density at radius 2 is 1.03 bits per heavy atom. The molecule has 0 aliphatic carbocycles. The van der Waals surface area contributed by atoms with E-state index in [1.807, 2.05) is 22.9 Å². The van der Waals surface area contributed by atoms with E-state index in [-0.39, 0.29) is 24.4 Å². The predicted octanol–water partition coefficient (Wildman–Crippen LogP) is 7.04. The number of hydrogen-bond acceptors (Lipinski definition) is 9. The van der Waals surface area contributed by atoms with Crippen LogP contribution in [-0.4, -0.2) is 33.7 Å². The van der Waals surface area contributed by atoms with E-state index in [1.165, 1.54) is 56.7 Å². The molecule has 186 valence electrons. The van der Waals surface area contributed by atoms with Crippen molar-refractivity contribution in [3.8, 4) is 19.5 Å². The Kier molecular flexibility index (Phi) is 7.31. The molecule has 0 unspecified atom stereocenters. The van der Waals surface area contributed by atoms with Gasteiger partial charge in [-0.15, -0.1) is 56.7 Å². The summed E-state index contributed by atoms with van der Waals surface area (Å²) in [6, 6.07) is 14.1. The highest BCUT2D eigenvalue weighted by Gasteiger charge is 2.23. The van der Waals surface area contributed by atoms with E-state index < -0.39 is 11.9 Å². The van der Waals surface area contributed by atoms with Crippen molar-refractivity contribution in [1.82, 2.24) is 0 Å². The van der Waals surface area contributed by atoms with Crippen LogP contribution in [0.25, 0.3) is 19.5 Å². The fourth-order valence-corrected chi connectivity index (χ4v) is 8.78. The smallest absolute Gasteiger partial charge is 0.307 e. The summed E-state index contributed by atoms with van der Waals surface area (Å²) < 4.78 is 0. The van der Waals surface area contributed by atoms with E-state index in [4.69, 9.17) is 0 Å². The second kappa shape index (κ2) is 10.6. The minimum atomic E-state index is -0.996. The molecule has 0 saturated carbocycles. The third-order valence-corrected chi connectivity index (χ3v) is 10.8. The number of rotatable bonds is 10. The molecule has 0 aromatic carbocycles. The first-order chi connectivity index (χ1) is 17.8. The number of thiophene rings is 5. The van der Waals surface area contributed by atoms with Crippen LogP contribution in [0, 0.1) is 0 Å². The number of hydrogen-bond donors (Lipinski definition) is 2. The molecular formula is C26H16O6S5. The summed E-state index contributed by atoms with van der Waals surface area (Å²) in [4.78, 5) is 54.0.